The van der Waals surface area contributed by atoms with Crippen LogP contribution in [0.3, 0.4) is 0 Å². The lowest BCUT2D eigenvalue weighted by molar-refractivity contribution is 0.181. The first-order valence-electron chi connectivity index (χ1n) is 12.0. The van der Waals surface area contributed by atoms with E-state index in [9.17, 15) is 0 Å². The molecule has 6 rings (SSSR count). The quantitative estimate of drug-likeness (QED) is 0.349. The summed E-state index contributed by atoms with van der Waals surface area (Å²) in [6, 6.07) is 10.5. The summed E-state index contributed by atoms with van der Waals surface area (Å²) < 4.78 is 4.19. The van der Waals surface area contributed by atoms with Crippen LogP contribution in [0.1, 0.15) is 23.7 Å². The van der Waals surface area contributed by atoms with Crippen LogP contribution in [-0.4, -0.2) is 63.9 Å². The molecule has 4 aromatic rings. The van der Waals surface area contributed by atoms with Crippen molar-refractivity contribution in [3.8, 4) is 5.69 Å². The van der Waals surface area contributed by atoms with E-state index in [1.807, 2.05) is 46.5 Å². The first-order valence-corrected chi connectivity index (χ1v) is 13.0. The van der Waals surface area contributed by atoms with Crippen LogP contribution in [-0.2, 0) is 13.1 Å². The van der Waals surface area contributed by atoms with Crippen LogP contribution in [0.2, 0.25) is 0 Å². The zero-order chi connectivity index (χ0) is 23.8. The smallest absolute Gasteiger partial charge is 0.137 e. The second kappa shape index (κ2) is 8.97. The molecule has 0 spiro atoms. The van der Waals surface area contributed by atoms with Crippen molar-refractivity contribution in [3.63, 3.8) is 0 Å². The van der Waals surface area contributed by atoms with Crippen molar-refractivity contribution in [1.82, 2.24) is 45.1 Å². The number of imidazole rings is 1. The van der Waals surface area contributed by atoms with Gasteiger partial charge in [-0.2, -0.15) is 0 Å². The fourth-order valence-corrected chi connectivity index (χ4v) is 5.58. The Morgan fingerprint density at radius 2 is 2.00 bits per heavy atom. The number of hydrogen-bond donors (Lipinski definition) is 3. The lowest BCUT2D eigenvalue weighted by Gasteiger charge is -2.39. The van der Waals surface area contributed by atoms with E-state index in [4.69, 9.17) is 4.98 Å². The fourth-order valence-electron chi connectivity index (χ4n) is 4.88. The molecule has 0 amide bonds. The highest BCUT2D eigenvalue weighted by Crippen LogP contribution is 2.19. The topological polar surface area (TPSA) is 77.7 Å². The Bertz CT molecular complexity index is 1360. The number of rotatable bonds is 6. The van der Waals surface area contributed by atoms with Gasteiger partial charge in [-0.3, -0.25) is 14.9 Å². The molecule has 1 fully saturated rings. The number of hydrogen-bond acceptors (Lipinski definition) is 7. The number of pyridine rings is 2. The first kappa shape index (κ1) is 22.0. The first-order chi connectivity index (χ1) is 17.0. The van der Waals surface area contributed by atoms with E-state index >= 15 is 0 Å². The lowest BCUT2D eigenvalue weighted by Crippen LogP contribution is -2.58. The molecule has 180 valence electrons. The molecule has 2 aliphatic rings. The summed E-state index contributed by atoms with van der Waals surface area (Å²) in [5.74, 6) is 0. The summed E-state index contributed by atoms with van der Waals surface area (Å²) in [6.45, 7) is 7.22. The summed E-state index contributed by atoms with van der Waals surface area (Å²) in [6.07, 6.45) is 14.2. The van der Waals surface area contributed by atoms with Gasteiger partial charge in [-0.15, -0.1) is 5.53 Å². The maximum Gasteiger partial charge on any atom is 0.137 e. The Morgan fingerprint density at radius 1 is 1.11 bits per heavy atom. The number of nitrogens with one attached hydrogen (secondary N) is 3. The van der Waals surface area contributed by atoms with Gasteiger partial charge >= 0.3 is 0 Å². The molecule has 35 heavy (non-hydrogen) atoms. The van der Waals surface area contributed by atoms with E-state index in [0.29, 0.717) is 11.7 Å². The number of aromatic nitrogens is 4. The van der Waals surface area contributed by atoms with Crippen LogP contribution in [0.15, 0.2) is 73.7 Å². The maximum absolute atomic E-state index is 4.82. The van der Waals surface area contributed by atoms with Gasteiger partial charge in [-0.25, -0.2) is 4.98 Å². The van der Waals surface area contributed by atoms with E-state index in [1.54, 1.807) is 0 Å². The number of fused-ring (bicyclic) bond motifs is 1. The van der Waals surface area contributed by atoms with Crippen molar-refractivity contribution >= 4 is 21.6 Å². The Hall–Kier alpha value is -3.44. The molecule has 1 atom stereocenters. The van der Waals surface area contributed by atoms with Crippen molar-refractivity contribution in [3.05, 3.63) is 90.5 Å². The maximum atomic E-state index is 4.82. The Balaban J connectivity index is 1.14. The molecule has 0 radical (unpaired) electrons. The Labute approximate surface area is 207 Å². The van der Waals surface area contributed by atoms with Crippen LogP contribution in [0.25, 0.3) is 17.0 Å². The van der Waals surface area contributed by atoms with Gasteiger partial charge in [0.15, 0.2) is 0 Å². The highest BCUT2D eigenvalue weighted by Gasteiger charge is 2.25. The monoisotopic (exact) mass is 485 g/mol. The molecule has 3 N–H and O–H groups in total. The number of hydrazine groups is 2. The van der Waals surface area contributed by atoms with Gasteiger partial charge in [0.2, 0.25) is 0 Å². The molecule has 0 aromatic carbocycles. The van der Waals surface area contributed by atoms with Crippen LogP contribution >= 0.6 is 0 Å². The van der Waals surface area contributed by atoms with Crippen LogP contribution in [0, 0.1) is 0 Å². The van der Waals surface area contributed by atoms with Crippen molar-refractivity contribution in [2.45, 2.75) is 25.2 Å². The zero-order valence-corrected chi connectivity index (χ0v) is 22.1. The molecular weight excluding hydrogens is 454 g/mol. The van der Waals surface area contributed by atoms with Gasteiger partial charge in [-0.1, -0.05) is 6.07 Å². The van der Waals surface area contributed by atoms with Gasteiger partial charge in [0.1, 0.15) is 5.65 Å². The average molecular weight is 486 g/mol. The Kier molecular flexibility index (Phi) is 5.65. The molecule has 0 saturated carbocycles. The highest BCUT2D eigenvalue weighted by molar-refractivity contribution is 6.15. The van der Waals surface area contributed by atoms with E-state index < -0.39 is 0 Å². The van der Waals surface area contributed by atoms with Gasteiger partial charge < -0.3 is 19.7 Å². The van der Waals surface area contributed by atoms with Gasteiger partial charge in [0.05, 0.1) is 29.8 Å². The van der Waals surface area contributed by atoms with E-state index in [0.717, 1.165) is 64.7 Å². The van der Waals surface area contributed by atoms with Crippen LogP contribution in [0.5, 0.6) is 0 Å². The molecule has 9 nitrogen and oxygen atoms in total. The second-order valence-corrected chi connectivity index (χ2v) is 12.2. The van der Waals surface area contributed by atoms with E-state index in [-0.39, 0.29) is 0 Å². The fraction of sp³-hybridized carbons (Fsp3) is 0.280. The van der Waals surface area contributed by atoms with Crippen molar-refractivity contribution in [1.29, 1.82) is 0 Å². The summed E-state index contributed by atoms with van der Waals surface area (Å²) in [7, 11) is 1.15. The van der Waals surface area contributed by atoms with Crippen molar-refractivity contribution < 1.29 is 0 Å². The summed E-state index contributed by atoms with van der Waals surface area (Å²) >= 11 is 0. The summed E-state index contributed by atoms with van der Waals surface area (Å²) in [5.41, 5.74) is 12.8. The van der Waals surface area contributed by atoms with Crippen LogP contribution in [0.4, 0.5) is 0 Å². The van der Waals surface area contributed by atoms with Crippen molar-refractivity contribution in [2.24, 2.45) is 0 Å². The third-order valence-corrected chi connectivity index (χ3v) is 7.18. The SMILES string of the molecule is C[C@]1([SiH3])CN(Cc2ccc3nc(CN4C=C(c5cncc(-n6cccc6)c5)NN4)cn3c2)CCN1. The number of nitrogens with zero attached hydrogens (tertiary/aromatic N) is 6. The standard InChI is InChI=1S/C25H31N9Si/c1-25(35)18-31(9-6-27-25)13-19-4-5-24-28-21(15-33(24)14-19)16-34-17-23(29-30-34)20-10-22(12-26-11-20)32-7-2-3-8-32/h2-5,7-8,10-12,14-15,17,27,29-30H,6,9,13,16,18H2,1,35H3/t25-/m0/s1. The molecular formula is C25H31N9Si. The van der Waals surface area contributed by atoms with E-state index in [2.05, 4.69) is 74.3 Å². The van der Waals surface area contributed by atoms with Gasteiger partial charge in [0, 0.05) is 84.3 Å². The summed E-state index contributed by atoms with van der Waals surface area (Å²) in [4.78, 5) is 11.8. The molecule has 0 aliphatic carbocycles. The van der Waals surface area contributed by atoms with Crippen LogP contribution < -0.4 is 16.3 Å². The predicted octanol–water partition coefficient (Wildman–Crippen LogP) is 0.830. The zero-order valence-electron chi connectivity index (χ0n) is 20.1. The molecule has 4 aromatic heterocycles. The largest absolute Gasteiger partial charge is 0.322 e. The van der Waals surface area contributed by atoms with Gasteiger partial charge in [-0.05, 0) is 36.8 Å². The molecule has 6 heterocycles. The average Bonchev–Trinajstić information content (AvgIpc) is 3.60. The van der Waals surface area contributed by atoms with E-state index in [1.165, 1.54) is 5.56 Å². The normalized spacial score (nSPS) is 20.9. The third kappa shape index (κ3) is 4.87. The molecule has 2 aliphatic heterocycles. The third-order valence-electron chi connectivity index (χ3n) is 6.51. The van der Waals surface area contributed by atoms with Crippen molar-refractivity contribution in [2.75, 3.05) is 19.6 Å². The number of piperazine rings is 1. The molecule has 1 saturated heterocycles. The molecule has 0 bridgehead atoms. The predicted molar refractivity (Wildman–Crippen MR) is 140 cm³/mol. The minimum absolute atomic E-state index is 0.299. The molecule has 0 unspecified atom stereocenters. The minimum Gasteiger partial charge on any atom is -0.322 e. The molecule has 10 heteroatoms. The highest BCUT2D eigenvalue weighted by atomic mass is 28.1. The van der Waals surface area contributed by atoms with Gasteiger partial charge in [0.25, 0.3) is 0 Å². The summed E-state index contributed by atoms with van der Waals surface area (Å²) in [5, 5.41) is 5.95. The lowest BCUT2D eigenvalue weighted by atomic mass is 10.2. The Morgan fingerprint density at radius 3 is 2.86 bits per heavy atom. The second-order valence-electron chi connectivity index (χ2n) is 9.99. The minimum atomic E-state index is 0.299.